The van der Waals surface area contributed by atoms with Crippen molar-refractivity contribution in [3.05, 3.63) is 84.6 Å². The van der Waals surface area contributed by atoms with Crippen LogP contribution in [0.5, 0.6) is 0 Å². The molecule has 2 aromatic carbocycles. The highest BCUT2D eigenvalue weighted by atomic mass is 15.3. The predicted octanol–water partition coefficient (Wildman–Crippen LogP) is 3.59. The monoisotopic (exact) mass is 323 g/mol. The third-order valence-electron chi connectivity index (χ3n) is 5.02. The summed E-state index contributed by atoms with van der Waals surface area (Å²) in [7, 11) is 0. The molecule has 0 spiro atoms. The van der Waals surface area contributed by atoms with Gasteiger partial charge in [-0.3, -0.25) is 0 Å². The van der Waals surface area contributed by atoms with E-state index in [1.807, 2.05) is 6.07 Å². The molecule has 0 atom stereocenters. The predicted molar refractivity (Wildman–Crippen MR) is 96.8 cm³/mol. The van der Waals surface area contributed by atoms with Crippen LogP contribution in [-0.2, 0) is 6.54 Å². The Bertz CT molecular complexity index is 1260. The fourth-order valence-electron chi connectivity index (χ4n) is 3.98. The summed E-state index contributed by atoms with van der Waals surface area (Å²) in [6, 6.07) is 25.3. The van der Waals surface area contributed by atoms with Gasteiger partial charge in [-0.05, 0) is 30.3 Å². The zero-order chi connectivity index (χ0) is 16.4. The first-order valence-electron chi connectivity index (χ1n) is 8.47. The van der Waals surface area contributed by atoms with Crippen molar-refractivity contribution < 1.29 is 4.57 Å². The number of fused-ring (bicyclic) bond motifs is 7. The largest absolute Gasteiger partial charge is 0.295 e. The zero-order valence-corrected chi connectivity index (χ0v) is 13.5. The van der Waals surface area contributed by atoms with Crippen LogP contribution in [0.15, 0.2) is 79.0 Å². The third kappa shape index (κ3) is 1.61. The van der Waals surface area contributed by atoms with Gasteiger partial charge < -0.3 is 0 Å². The van der Waals surface area contributed by atoms with E-state index in [1.54, 1.807) is 0 Å². The Morgan fingerprint density at radius 3 is 2.56 bits per heavy atom. The number of aromatic nitrogens is 4. The summed E-state index contributed by atoms with van der Waals surface area (Å²) in [5, 5.41) is 0. The molecule has 118 valence electrons. The minimum atomic E-state index is 0.879. The fraction of sp³-hybridized carbons (Fsp3) is 0.0476. The van der Waals surface area contributed by atoms with Crippen LogP contribution < -0.4 is 4.57 Å². The van der Waals surface area contributed by atoms with Crippen molar-refractivity contribution in [2.75, 3.05) is 0 Å². The van der Waals surface area contributed by atoms with Gasteiger partial charge in [-0.1, -0.05) is 42.5 Å². The topological polar surface area (TPSA) is 26.1 Å². The molecule has 0 unspecified atom stereocenters. The normalized spacial score (nSPS) is 12.6. The van der Waals surface area contributed by atoms with Crippen molar-refractivity contribution in [2.45, 2.75) is 6.54 Å². The highest BCUT2D eigenvalue weighted by molar-refractivity contribution is 5.79. The van der Waals surface area contributed by atoms with Crippen molar-refractivity contribution in [2.24, 2.45) is 0 Å². The van der Waals surface area contributed by atoms with E-state index < -0.39 is 0 Å². The second-order valence-electron chi connectivity index (χ2n) is 6.43. The Hall–Kier alpha value is -3.40. The molecule has 4 heteroatoms. The molecule has 4 heterocycles. The first-order valence-corrected chi connectivity index (χ1v) is 8.47. The SMILES string of the molecule is c1ccc(-n2c3[n+](c4c2nc2ccccn24)Cc2ccccc2-3)cc1. The molecule has 0 fully saturated rings. The van der Waals surface area contributed by atoms with Crippen LogP contribution in [-0.4, -0.2) is 14.0 Å². The van der Waals surface area contributed by atoms with Crippen LogP contribution in [0, 0.1) is 0 Å². The minimum absolute atomic E-state index is 0.879. The van der Waals surface area contributed by atoms with Crippen LogP contribution in [0.4, 0.5) is 0 Å². The van der Waals surface area contributed by atoms with E-state index in [1.165, 1.54) is 17.0 Å². The minimum Gasteiger partial charge on any atom is -0.222 e. The molecular formula is C21H15N4+. The summed E-state index contributed by atoms with van der Waals surface area (Å²) in [6.07, 6.45) is 2.09. The molecule has 0 aliphatic carbocycles. The number of nitrogens with zero attached hydrogens (tertiary/aromatic N) is 4. The van der Waals surface area contributed by atoms with E-state index in [2.05, 4.69) is 86.5 Å². The van der Waals surface area contributed by atoms with E-state index in [4.69, 9.17) is 4.98 Å². The molecule has 0 bridgehead atoms. The average molecular weight is 323 g/mol. The number of hydrogen-bond acceptors (Lipinski definition) is 1. The lowest BCUT2D eigenvalue weighted by atomic mass is 10.1. The van der Waals surface area contributed by atoms with Crippen molar-refractivity contribution in [1.82, 2.24) is 14.0 Å². The molecule has 1 aliphatic rings. The van der Waals surface area contributed by atoms with Crippen molar-refractivity contribution in [3.8, 4) is 17.1 Å². The molecule has 1 aliphatic heterocycles. The van der Waals surface area contributed by atoms with Crippen molar-refractivity contribution in [3.63, 3.8) is 0 Å². The summed E-state index contributed by atoms with van der Waals surface area (Å²) in [5.74, 6) is 1.21. The summed E-state index contributed by atoms with van der Waals surface area (Å²) in [6.45, 7) is 0.879. The highest BCUT2D eigenvalue weighted by Gasteiger charge is 2.35. The summed E-state index contributed by atoms with van der Waals surface area (Å²) < 4.78 is 6.85. The molecule has 0 N–H and O–H groups in total. The van der Waals surface area contributed by atoms with Gasteiger partial charge in [-0.15, -0.1) is 0 Å². The quantitative estimate of drug-likeness (QED) is 0.425. The first kappa shape index (κ1) is 13.0. The van der Waals surface area contributed by atoms with Gasteiger partial charge in [0.25, 0.3) is 11.3 Å². The van der Waals surface area contributed by atoms with E-state index in [0.29, 0.717) is 0 Å². The summed E-state index contributed by atoms with van der Waals surface area (Å²) in [4.78, 5) is 4.93. The van der Waals surface area contributed by atoms with E-state index in [-0.39, 0.29) is 0 Å². The van der Waals surface area contributed by atoms with Crippen LogP contribution in [0.3, 0.4) is 0 Å². The summed E-state index contributed by atoms with van der Waals surface area (Å²) in [5.41, 5.74) is 6.90. The number of benzene rings is 2. The lowest BCUT2D eigenvalue weighted by Crippen LogP contribution is -2.32. The van der Waals surface area contributed by atoms with Crippen LogP contribution in [0.1, 0.15) is 5.56 Å². The molecule has 5 aromatic rings. The van der Waals surface area contributed by atoms with Crippen molar-refractivity contribution in [1.29, 1.82) is 0 Å². The Labute approximate surface area is 144 Å². The second-order valence-corrected chi connectivity index (χ2v) is 6.43. The molecule has 3 aromatic heterocycles. The Morgan fingerprint density at radius 1 is 0.840 bits per heavy atom. The fourth-order valence-corrected chi connectivity index (χ4v) is 3.98. The van der Waals surface area contributed by atoms with E-state index in [9.17, 15) is 0 Å². The molecule has 25 heavy (non-hydrogen) atoms. The zero-order valence-electron chi connectivity index (χ0n) is 13.5. The number of pyridine rings is 1. The standard InChI is InChI=1S/C21H15N4/c1-2-9-16(10-3-1)25-19-21(23-13-7-6-12-18(23)22-19)24-14-15-8-4-5-11-17(15)20(24)25/h1-13H,14H2/q+1. The number of hydrogen-bond donors (Lipinski definition) is 0. The Morgan fingerprint density at radius 2 is 1.64 bits per heavy atom. The molecule has 0 saturated heterocycles. The maximum Gasteiger partial charge on any atom is 0.295 e. The van der Waals surface area contributed by atoms with Gasteiger partial charge in [0.2, 0.25) is 5.82 Å². The highest BCUT2D eigenvalue weighted by Crippen LogP contribution is 2.33. The number of rotatable bonds is 1. The number of para-hydroxylation sites is 1. The molecule has 0 radical (unpaired) electrons. The van der Waals surface area contributed by atoms with E-state index >= 15 is 0 Å². The van der Waals surface area contributed by atoms with Crippen molar-refractivity contribution >= 4 is 16.9 Å². The first-order chi connectivity index (χ1) is 12.4. The third-order valence-corrected chi connectivity index (χ3v) is 5.02. The lowest BCUT2D eigenvalue weighted by Gasteiger charge is -2.02. The van der Waals surface area contributed by atoms with Gasteiger partial charge in [0.15, 0.2) is 5.65 Å². The maximum atomic E-state index is 4.93. The van der Waals surface area contributed by atoms with Gasteiger partial charge in [0, 0.05) is 5.56 Å². The molecule has 4 nitrogen and oxygen atoms in total. The van der Waals surface area contributed by atoms with E-state index in [0.717, 1.165) is 29.2 Å². The Balaban J connectivity index is 1.83. The molecule has 0 saturated carbocycles. The molecule has 6 rings (SSSR count). The maximum absolute atomic E-state index is 4.93. The van der Waals surface area contributed by atoms with Gasteiger partial charge in [0.1, 0.15) is 5.69 Å². The molecule has 0 amide bonds. The summed E-state index contributed by atoms with van der Waals surface area (Å²) >= 11 is 0. The lowest BCUT2D eigenvalue weighted by molar-refractivity contribution is -0.648. The molecular weight excluding hydrogens is 308 g/mol. The van der Waals surface area contributed by atoms with Gasteiger partial charge in [0.05, 0.1) is 18.3 Å². The number of imidazole rings is 2. The van der Waals surface area contributed by atoms with Crippen LogP contribution in [0.2, 0.25) is 0 Å². The van der Waals surface area contributed by atoms with Crippen LogP contribution >= 0.6 is 0 Å². The average Bonchev–Trinajstić information content (AvgIpc) is 3.29. The Kier molecular flexibility index (Phi) is 2.37. The van der Waals surface area contributed by atoms with Gasteiger partial charge in [-0.25, -0.2) is 13.5 Å². The van der Waals surface area contributed by atoms with Gasteiger partial charge >= 0.3 is 0 Å². The van der Waals surface area contributed by atoms with Gasteiger partial charge in [-0.2, -0.15) is 4.98 Å². The van der Waals surface area contributed by atoms with Crippen LogP contribution in [0.25, 0.3) is 34.0 Å². The second kappa shape index (κ2) is 4.57. The smallest absolute Gasteiger partial charge is 0.222 e.